The van der Waals surface area contributed by atoms with Gasteiger partial charge in [-0.05, 0) is 31.9 Å². The van der Waals surface area contributed by atoms with Gasteiger partial charge in [0.25, 0.3) is 5.91 Å². The molecule has 6 nitrogen and oxygen atoms in total. The van der Waals surface area contributed by atoms with Crippen LogP contribution >= 0.6 is 0 Å². The average molecular weight is 348 g/mol. The van der Waals surface area contributed by atoms with Crippen molar-refractivity contribution in [1.29, 1.82) is 0 Å². The van der Waals surface area contributed by atoms with E-state index >= 15 is 0 Å². The van der Waals surface area contributed by atoms with Crippen LogP contribution in [0.1, 0.15) is 30.1 Å². The molecule has 1 saturated heterocycles. The second-order valence-electron chi connectivity index (χ2n) is 6.47. The van der Waals surface area contributed by atoms with E-state index in [0.717, 1.165) is 18.9 Å². The molecule has 0 radical (unpaired) electrons. The molecule has 0 atom stereocenters. The predicted octanol–water partition coefficient (Wildman–Crippen LogP) is 1.49. The van der Waals surface area contributed by atoms with Crippen molar-refractivity contribution in [2.24, 2.45) is 5.92 Å². The molecule has 1 aromatic rings. The van der Waals surface area contributed by atoms with Crippen molar-refractivity contribution >= 4 is 17.6 Å². The fraction of sp³-hybridized carbons (Fsp3) is 0.500. The van der Waals surface area contributed by atoms with Gasteiger partial charge in [0, 0.05) is 38.2 Å². The molecule has 1 saturated carbocycles. The Morgan fingerprint density at radius 2 is 1.76 bits per heavy atom. The molecule has 134 valence electrons. The third-order valence-electron chi connectivity index (χ3n) is 4.55. The number of rotatable bonds is 5. The van der Waals surface area contributed by atoms with Gasteiger partial charge in [-0.2, -0.15) is 0 Å². The van der Waals surface area contributed by atoms with E-state index in [2.05, 4.69) is 0 Å². The second-order valence-corrected chi connectivity index (χ2v) is 6.47. The molecule has 0 bridgehead atoms. The van der Waals surface area contributed by atoms with E-state index in [1.165, 1.54) is 19.1 Å². The Kier molecular flexibility index (Phi) is 5.01. The molecule has 2 aliphatic rings. The van der Waals surface area contributed by atoms with Crippen LogP contribution in [-0.4, -0.2) is 60.2 Å². The predicted molar refractivity (Wildman–Crippen MR) is 87.8 cm³/mol. The highest BCUT2D eigenvalue weighted by molar-refractivity contribution is 5.94. The van der Waals surface area contributed by atoms with E-state index in [4.69, 9.17) is 4.74 Å². The summed E-state index contributed by atoms with van der Waals surface area (Å²) in [5.41, 5.74) is -0.00451. The number of ketones is 1. The summed E-state index contributed by atoms with van der Waals surface area (Å²) in [4.78, 5) is 38.9. The number of halogens is 1. The van der Waals surface area contributed by atoms with Gasteiger partial charge in [-0.15, -0.1) is 0 Å². The van der Waals surface area contributed by atoms with Gasteiger partial charge in [0.05, 0.1) is 5.56 Å². The van der Waals surface area contributed by atoms with Crippen LogP contribution in [0.5, 0.6) is 5.75 Å². The minimum atomic E-state index is -0.662. The highest BCUT2D eigenvalue weighted by Crippen LogP contribution is 2.31. The lowest BCUT2D eigenvalue weighted by Gasteiger charge is -2.34. The summed E-state index contributed by atoms with van der Waals surface area (Å²) in [6.07, 6.45) is 1.95. The molecule has 1 aliphatic carbocycles. The van der Waals surface area contributed by atoms with Crippen molar-refractivity contribution in [1.82, 2.24) is 9.80 Å². The molecule has 2 amide bonds. The number of carbonyl (C=O) groups excluding carboxylic acids is 3. The van der Waals surface area contributed by atoms with E-state index < -0.39 is 5.82 Å². The van der Waals surface area contributed by atoms with Crippen LogP contribution in [0.15, 0.2) is 18.2 Å². The zero-order valence-corrected chi connectivity index (χ0v) is 14.2. The Morgan fingerprint density at radius 3 is 2.32 bits per heavy atom. The van der Waals surface area contributed by atoms with Crippen LogP contribution in [-0.2, 0) is 9.59 Å². The molecule has 0 N–H and O–H groups in total. The van der Waals surface area contributed by atoms with Crippen LogP contribution < -0.4 is 4.74 Å². The molecule has 0 spiro atoms. The number of nitrogens with zero attached hydrogens (tertiary/aromatic N) is 2. The Morgan fingerprint density at radius 1 is 1.12 bits per heavy atom. The number of Topliss-reactive ketones (excluding diaryl/α,β-unsaturated/α-hetero) is 1. The minimum absolute atomic E-state index is 0.00451. The summed E-state index contributed by atoms with van der Waals surface area (Å²) in [7, 11) is 0. The molecule has 2 fully saturated rings. The first-order chi connectivity index (χ1) is 12.0. The molecular formula is C18H21FN2O4. The molecule has 7 heteroatoms. The van der Waals surface area contributed by atoms with Crippen molar-refractivity contribution in [3.8, 4) is 5.75 Å². The third kappa shape index (κ3) is 4.15. The number of piperazine rings is 1. The highest BCUT2D eigenvalue weighted by Gasteiger charge is 2.35. The van der Waals surface area contributed by atoms with Crippen LogP contribution in [0.25, 0.3) is 0 Å². The van der Waals surface area contributed by atoms with E-state index in [1.54, 1.807) is 4.90 Å². The van der Waals surface area contributed by atoms with Crippen LogP contribution in [0.3, 0.4) is 0 Å². The third-order valence-corrected chi connectivity index (χ3v) is 4.55. The maximum absolute atomic E-state index is 13.7. The quantitative estimate of drug-likeness (QED) is 0.756. The smallest absolute Gasteiger partial charge is 0.260 e. The van der Waals surface area contributed by atoms with Crippen LogP contribution in [0.4, 0.5) is 4.39 Å². The SMILES string of the molecule is CC(=O)c1ccc(OCC(=O)N2CCN(C(=O)C3CC3)CC2)cc1F. The fourth-order valence-electron chi connectivity index (χ4n) is 2.87. The first-order valence-electron chi connectivity index (χ1n) is 8.45. The zero-order chi connectivity index (χ0) is 18.0. The van der Waals surface area contributed by atoms with Gasteiger partial charge in [0.15, 0.2) is 12.4 Å². The van der Waals surface area contributed by atoms with Gasteiger partial charge in [0.2, 0.25) is 5.91 Å². The highest BCUT2D eigenvalue weighted by atomic mass is 19.1. The van der Waals surface area contributed by atoms with E-state index in [9.17, 15) is 18.8 Å². The molecule has 0 aromatic heterocycles. The Balaban J connectivity index is 1.47. The summed E-state index contributed by atoms with van der Waals surface area (Å²) in [5, 5.41) is 0. The Hall–Kier alpha value is -2.44. The summed E-state index contributed by atoms with van der Waals surface area (Å²) >= 11 is 0. The largest absolute Gasteiger partial charge is 0.484 e. The molecule has 3 rings (SSSR count). The summed E-state index contributed by atoms with van der Waals surface area (Å²) in [6.45, 7) is 3.15. The van der Waals surface area contributed by atoms with Crippen LogP contribution in [0.2, 0.25) is 0 Å². The van der Waals surface area contributed by atoms with E-state index in [1.807, 2.05) is 4.90 Å². The fourth-order valence-corrected chi connectivity index (χ4v) is 2.87. The monoisotopic (exact) mass is 348 g/mol. The number of hydrogen-bond donors (Lipinski definition) is 0. The molecule has 1 aliphatic heterocycles. The number of carbonyl (C=O) groups is 3. The average Bonchev–Trinajstić information content (AvgIpc) is 3.44. The molecular weight excluding hydrogens is 327 g/mol. The van der Waals surface area contributed by atoms with Gasteiger partial charge in [-0.25, -0.2) is 4.39 Å². The summed E-state index contributed by atoms with van der Waals surface area (Å²) < 4.78 is 19.1. The first kappa shape index (κ1) is 17.4. The Bertz CT molecular complexity index is 694. The Labute approximate surface area is 145 Å². The zero-order valence-electron chi connectivity index (χ0n) is 14.2. The number of amides is 2. The van der Waals surface area contributed by atoms with Gasteiger partial charge in [-0.1, -0.05) is 0 Å². The second kappa shape index (κ2) is 7.21. The number of hydrogen-bond acceptors (Lipinski definition) is 4. The molecule has 1 aromatic carbocycles. The van der Waals surface area contributed by atoms with Crippen molar-refractivity contribution in [3.63, 3.8) is 0 Å². The minimum Gasteiger partial charge on any atom is -0.484 e. The normalized spacial score (nSPS) is 17.4. The van der Waals surface area contributed by atoms with E-state index in [0.29, 0.717) is 26.2 Å². The van der Waals surface area contributed by atoms with Crippen molar-refractivity contribution in [2.45, 2.75) is 19.8 Å². The van der Waals surface area contributed by atoms with Gasteiger partial charge in [0.1, 0.15) is 11.6 Å². The first-order valence-corrected chi connectivity index (χ1v) is 8.45. The van der Waals surface area contributed by atoms with Crippen molar-refractivity contribution in [2.75, 3.05) is 32.8 Å². The molecule has 0 unspecified atom stereocenters. The lowest BCUT2D eigenvalue weighted by Crippen LogP contribution is -2.52. The number of ether oxygens (including phenoxy) is 1. The van der Waals surface area contributed by atoms with Crippen LogP contribution in [0, 0.1) is 11.7 Å². The van der Waals surface area contributed by atoms with Gasteiger partial charge in [-0.3, -0.25) is 14.4 Å². The topological polar surface area (TPSA) is 66.9 Å². The summed E-state index contributed by atoms with van der Waals surface area (Å²) in [6, 6.07) is 3.93. The molecule has 25 heavy (non-hydrogen) atoms. The maximum atomic E-state index is 13.7. The van der Waals surface area contributed by atoms with Crippen molar-refractivity contribution < 1.29 is 23.5 Å². The standard InChI is InChI=1S/C18H21FN2O4/c1-12(22)15-5-4-14(10-16(15)19)25-11-17(23)20-6-8-21(9-7-20)18(24)13-2-3-13/h4-5,10,13H,2-3,6-9,11H2,1H3. The lowest BCUT2D eigenvalue weighted by molar-refractivity contribution is -0.141. The maximum Gasteiger partial charge on any atom is 0.260 e. The summed E-state index contributed by atoms with van der Waals surface area (Å²) in [5.74, 6) is -0.626. The number of benzene rings is 1. The lowest BCUT2D eigenvalue weighted by atomic mass is 10.1. The van der Waals surface area contributed by atoms with E-state index in [-0.39, 0.29) is 41.4 Å². The van der Waals surface area contributed by atoms with Gasteiger partial charge < -0.3 is 14.5 Å². The molecule has 1 heterocycles. The van der Waals surface area contributed by atoms with Gasteiger partial charge >= 0.3 is 0 Å². The van der Waals surface area contributed by atoms with Crippen molar-refractivity contribution in [3.05, 3.63) is 29.6 Å².